The molecule has 1 atom stereocenters. The van der Waals surface area contributed by atoms with Crippen LogP contribution in [0, 0.1) is 0 Å². The van der Waals surface area contributed by atoms with Gasteiger partial charge in [-0.25, -0.2) is 9.97 Å². The van der Waals surface area contributed by atoms with Crippen molar-refractivity contribution in [3.63, 3.8) is 0 Å². The van der Waals surface area contributed by atoms with E-state index in [0.29, 0.717) is 16.1 Å². The van der Waals surface area contributed by atoms with Gasteiger partial charge in [0.05, 0.1) is 21.9 Å². The Balaban J connectivity index is 1.67. The second kappa shape index (κ2) is 8.46. The molecule has 5 rings (SSSR count). The minimum atomic E-state index is 0.460. The second-order valence-corrected chi connectivity index (χ2v) is 9.50. The van der Waals surface area contributed by atoms with Gasteiger partial charge in [0.2, 0.25) is 0 Å². The number of halogens is 1. The van der Waals surface area contributed by atoms with Crippen LogP contribution in [-0.4, -0.2) is 45.2 Å². The maximum absolute atomic E-state index is 6.59. The molecule has 0 spiro atoms. The monoisotopic (exact) mass is 447 g/mol. The highest BCUT2D eigenvalue weighted by Gasteiger charge is 2.24. The lowest BCUT2D eigenvalue weighted by Crippen LogP contribution is -2.15. The fourth-order valence-electron chi connectivity index (χ4n) is 3.95. The van der Waals surface area contributed by atoms with Crippen molar-refractivity contribution in [3.05, 3.63) is 65.8 Å². The molecule has 3 heterocycles. The number of aromatic nitrogens is 3. The number of nitrogen functional groups attached to an aromatic ring is 1. The van der Waals surface area contributed by atoms with Crippen LogP contribution in [0.2, 0.25) is 5.02 Å². The molecule has 1 saturated heterocycles. The summed E-state index contributed by atoms with van der Waals surface area (Å²) in [5.41, 5.74) is 10.6. The van der Waals surface area contributed by atoms with Crippen molar-refractivity contribution in [2.24, 2.45) is 0 Å². The zero-order valence-corrected chi connectivity index (χ0v) is 18.7. The molecular formula is C24H22ClN5S. The van der Waals surface area contributed by atoms with Crippen molar-refractivity contribution >= 4 is 40.1 Å². The molecule has 0 bridgehead atoms. The summed E-state index contributed by atoms with van der Waals surface area (Å²) >= 11 is 8.31. The van der Waals surface area contributed by atoms with E-state index in [1.54, 1.807) is 18.0 Å². The van der Waals surface area contributed by atoms with E-state index >= 15 is 0 Å². The van der Waals surface area contributed by atoms with Gasteiger partial charge in [-0.15, -0.1) is 0 Å². The van der Waals surface area contributed by atoms with Gasteiger partial charge in [-0.2, -0.15) is 0 Å². The van der Waals surface area contributed by atoms with Gasteiger partial charge >= 0.3 is 0 Å². The highest BCUT2D eigenvalue weighted by Crippen LogP contribution is 2.38. The predicted octanol–water partition coefficient (Wildman–Crippen LogP) is 5.39. The average Bonchev–Trinajstić information content (AvgIpc) is 3.20. The summed E-state index contributed by atoms with van der Waals surface area (Å²) < 4.78 is 0. The van der Waals surface area contributed by atoms with E-state index in [1.165, 1.54) is 0 Å². The summed E-state index contributed by atoms with van der Waals surface area (Å²) in [4.78, 5) is 16.6. The minimum Gasteiger partial charge on any atom is -0.381 e. The van der Waals surface area contributed by atoms with Gasteiger partial charge in [-0.3, -0.25) is 4.98 Å². The van der Waals surface area contributed by atoms with E-state index in [2.05, 4.69) is 23.0 Å². The molecule has 2 N–H and O–H groups in total. The summed E-state index contributed by atoms with van der Waals surface area (Å²) in [5, 5.41) is 2.80. The number of likely N-dealkylation sites (tertiary alicyclic amines) is 1. The topological polar surface area (TPSA) is 67.9 Å². The van der Waals surface area contributed by atoms with Gasteiger partial charge in [0, 0.05) is 34.5 Å². The number of fused-ring (bicyclic) bond motifs is 1. The van der Waals surface area contributed by atoms with Crippen LogP contribution in [0.4, 0.5) is 5.82 Å². The number of anilines is 1. The summed E-state index contributed by atoms with van der Waals surface area (Å²) in [6.07, 6.45) is 2.87. The number of pyridine rings is 1. The van der Waals surface area contributed by atoms with Crippen LogP contribution in [0.25, 0.3) is 33.4 Å². The van der Waals surface area contributed by atoms with E-state index < -0.39 is 0 Å². The molecule has 2 aromatic carbocycles. The van der Waals surface area contributed by atoms with E-state index in [-0.39, 0.29) is 0 Å². The summed E-state index contributed by atoms with van der Waals surface area (Å²) in [7, 11) is 2.14. The SMILES string of the molecule is CN1CCC(Sc2nc(-c3cc(Cl)c4ncccc4c3)c(-c3ccccc3)nc2N)C1. The smallest absolute Gasteiger partial charge is 0.156 e. The third-order valence-corrected chi connectivity index (χ3v) is 7.02. The Hall–Kier alpha value is -2.67. The molecule has 1 fully saturated rings. The first-order valence-electron chi connectivity index (χ1n) is 10.2. The maximum Gasteiger partial charge on any atom is 0.156 e. The lowest BCUT2D eigenvalue weighted by atomic mass is 10.0. The zero-order valence-electron chi connectivity index (χ0n) is 17.1. The van der Waals surface area contributed by atoms with Crippen LogP contribution in [-0.2, 0) is 0 Å². The largest absolute Gasteiger partial charge is 0.381 e. The van der Waals surface area contributed by atoms with Crippen LogP contribution in [0.15, 0.2) is 65.8 Å². The van der Waals surface area contributed by atoms with Gasteiger partial charge in [-0.05, 0) is 38.2 Å². The van der Waals surface area contributed by atoms with Gasteiger partial charge < -0.3 is 10.6 Å². The quantitative estimate of drug-likeness (QED) is 0.452. The highest BCUT2D eigenvalue weighted by atomic mass is 35.5. The van der Waals surface area contributed by atoms with E-state index in [9.17, 15) is 0 Å². The van der Waals surface area contributed by atoms with Gasteiger partial charge in [-0.1, -0.05) is 59.8 Å². The fourth-order valence-corrected chi connectivity index (χ4v) is 5.41. The summed E-state index contributed by atoms with van der Waals surface area (Å²) in [6, 6.07) is 17.9. The van der Waals surface area contributed by atoms with Crippen molar-refractivity contribution in [3.8, 4) is 22.5 Å². The standard InChI is InChI=1S/C24H22ClN5S/c1-30-11-9-18(14-30)31-24-23(26)28-21(15-6-3-2-4-7-15)22(29-24)17-12-16-8-5-10-27-20(16)19(25)13-17/h2-8,10,12-13,18H,9,11,14H2,1H3,(H2,26,28). The van der Waals surface area contributed by atoms with E-state index in [1.807, 2.05) is 48.5 Å². The molecule has 156 valence electrons. The Morgan fingerprint density at radius 1 is 1.03 bits per heavy atom. The molecule has 1 aliphatic heterocycles. The lowest BCUT2D eigenvalue weighted by molar-refractivity contribution is 0.419. The van der Waals surface area contributed by atoms with Gasteiger partial charge in [0.25, 0.3) is 0 Å². The van der Waals surface area contributed by atoms with Crippen molar-refractivity contribution < 1.29 is 0 Å². The number of rotatable bonds is 4. The fraction of sp³-hybridized carbons (Fsp3) is 0.208. The van der Waals surface area contributed by atoms with E-state index in [4.69, 9.17) is 27.3 Å². The van der Waals surface area contributed by atoms with Crippen molar-refractivity contribution in [1.82, 2.24) is 19.9 Å². The number of hydrogen-bond acceptors (Lipinski definition) is 6. The molecule has 31 heavy (non-hydrogen) atoms. The predicted molar refractivity (Wildman–Crippen MR) is 129 cm³/mol. The number of benzene rings is 2. The number of thioether (sulfide) groups is 1. The van der Waals surface area contributed by atoms with Crippen molar-refractivity contribution in [2.45, 2.75) is 16.7 Å². The second-order valence-electron chi connectivity index (χ2n) is 7.80. The molecule has 0 saturated carbocycles. The zero-order chi connectivity index (χ0) is 21.4. The third-order valence-electron chi connectivity index (χ3n) is 5.49. The Bertz CT molecular complexity index is 1250. The molecule has 5 nitrogen and oxygen atoms in total. The number of hydrogen-bond donors (Lipinski definition) is 1. The normalized spacial score (nSPS) is 16.8. The first kappa shape index (κ1) is 20.2. The number of nitrogens with two attached hydrogens (primary N) is 1. The molecule has 7 heteroatoms. The maximum atomic E-state index is 6.59. The Labute approximate surface area is 190 Å². The Kier molecular flexibility index (Phi) is 5.52. The lowest BCUT2D eigenvalue weighted by Gasteiger charge is -2.16. The molecule has 4 aromatic rings. The molecule has 0 amide bonds. The van der Waals surface area contributed by atoms with Crippen molar-refractivity contribution in [2.75, 3.05) is 25.9 Å². The Morgan fingerprint density at radius 3 is 2.61 bits per heavy atom. The van der Waals surface area contributed by atoms with Gasteiger partial charge in [0.1, 0.15) is 5.03 Å². The minimum absolute atomic E-state index is 0.460. The van der Waals surface area contributed by atoms with E-state index in [0.717, 1.165) is 58.0 Å². The molecule has 2 aromatic heterocycles. The molecular weight excluding hydrogens is 426 g/mol. The Morgan fingerprint density at radius 2 is 1.84 bits per heavy atom. The van der Waals surface area contributed by atoms with Gasteiger partial charge in [0.15, 0.2) is 5.82 Å². The number of nitrogens with zero attached hydrogens (tertiary/aromatic N) is 4. The third kappa shape index (κ3) is 4.11. The summed E-state index contributed by atoms with van der Waals surface area (Å²) in [6.45, 7) is 2.11. The van der Waals surface area contributed by atoms with Crippen LogP contribution in [0.3, 0.4) is 0 Å². The average molecular weight is 448 g/mol. The van der Waals surface area contributed by atoms with Crippen LogP contribution < -0.4 is 5.73 Å². The van der Waals surface area contributed by atoms with Crippen LogP contribution >= 0.6 is 23.4 Å². The molecule has 1 unspecified atom stereocenters. The first-order chi connectivity index (χ1) is 15.1. The highest BCUT2D eigenvalue weighted by molar-refractivity contribution is 8.00. The first-order valence-corrected chi connectivity index (χ1v) is 11.5. The summed E-state index contributed by atoms with van der Waals surface area (Å²) in [5.74, 6) is 0.468. The molecule has 1 aliphatic rings. The van der Waals surface area contributed by atoms with Crippen LogP contribution in [0.1, 0.15) is 6.42 Å². The van der Waals surface area contributed by atoms with Crippen molar-refractivity contribution in [1.29, 1.82) is 0 Å². The van der Waals surface area contributed by atoms with Crippen LogP contribution in [0.5, 0.6) is 0 Å². The molecule has 0 aliphatic carbocycles. The molecule has 0 radical (unpaired) electrons.